The molecule has 1 aromatic heterocycles. The summed E-state index contributed by atoms with van der Waals surface area (Å²) < 4.78 is 0. The summed E-state index contributed by atoms with van der Waals surface area (Å²) in [5, 5.41) is 7.23. The van der Waals surface area contributed by atoms with Crippen molar-refractivity contribution in [2.45, 2.75) is 0 Å². The average molecular weight is 460 g/mol. The zero-order valence-corrected chi connectivity index (χ0v) is 19.5. The molecule has 0 aliphatic heterocycles. The highest BCUT2D eigenvalue weighted by atomic mass is 15.0. The Morgan fingerprint density at radius 1 is 0.333 bits per heavy atom. The smallest absolute Gasteiger partial charge is 0.164 e. The van der Waals surface area contributed by atoms with Crippen LogP contribution in [0.1, 0.15) is 0 Å². The third-order valence-electron chi connectivity index (χ3n) is 6.68. The highest BCUT2D eigenvalue weighted by molar-refractivity contribution is 6.14. The zero-order valence-electron chi connectivity index (χ0n) is 19.5. The Hall–Kier alpha value is -4.89. The fraction of sp³-hybridized carbons (Fsp3) is 0. The van der Waals surface area contributed by atoms with Gasteiger partial charge in [-0.05, 0) is 44.5 Å². The number of hydrogen-bond donors (Lipinski definition) is 0. The first kappa shape index (κ1) is 20.5. The zero-order chi connectivity index (χ0) is 23.9. The topological polar surface area (TPSA) is 38.7 Å². The van der Waals surface area contributed by atoms with Crippen LogP contribution >= 0.6 is 0 Å². The van der Waals surface area contributed by atoms with Gasteiger partial charge in [-0.15, -0.1) is 0 Å². The number of rotatable bonds is 3. The van der Waals surface area contributed by atoms with Crippen LogP contribution in [-0.2, 0) is 0 Å². The molecule has 0 aliphatic rings. The molecule has 0 N–H and O–H groups in total. The van der Waals surface area contributed by atoms with Gasteiger partial charge >= 0.3 is 0 Å². The van der Waals surface area contributed by atoms with Crippen LogP contribution in [0.5, 0.6) is 0 Å². The Labute approximate surface area is 208 Å². The summed E-state index contributed by atoms with van der Waals surface area (Å²) in [4.78, 5) is 14.8. The maximum Gasteiger partial charge on any atom is 0.164 e. The molecular formula is C33H21N3. The van der Waals surface area contributed by atoms with Crippen molar-refractivity contribution in [3.05, 3.63) is 127 Å². The Morgan fingerprint density at radius 3 is 1.61 bits per heavy atom. The molecule has 0 saturated heterocycles. The molecule has 3 nitrogen and oxygen atoms in total. The minimum atomic E-state index is 0.669. The van der Waals surface area contributed by atoms with Crippen LogP contribution in [0.15, 0.2) is 127 Å². The molecule has 168 valence electrons. The van der Waals surface area contributed by atoms with Gasteiger partial charge in [-0.2, -0.15) is 0 Å². The van der Waals surface area contributed by atoms with E-state index in [0.717, 1.165) is 22.1 Å². The van der Waals surface area contributed by atoms with Crippen LogP contribution in [0.3, 0.4) is 0 Å². The Bertz CT molecular complexity index is 1820. The minimum absolute atomic E-state index is 0.669. The highest BCUT2D eigenvalue weighted by Gasteiger charge is 2.15. The lowest BCUT2D eigenvalue weighted by Gasteiger charge is -2.12. The van der Waals surface area contributed by atoms with Crippen molar-refractivity contribution in [3.63, 3.8) is 0 Å². The standard InChI is InChI=1S/C33H21N3/c1-3-11-23(12-4-1)31-34-32(24-13-5-2-6-14-24)36-33(35-31)28-17-9-15-25-20-26-19-18-22-10-7-8-16-27(22)29(26)21-30(25)28/h1-21H. The molecular weight excluding hydrogens is 438 g/mol. The van der Waals surface area contributed by atoms with Gasteiger partial charge in [0.1, 0.15) is 0 Å². The molecule has 0 amide bonds. The molecule has 7 rings (SSSR count). The third-order valence-corrected chi connectivity index (χ3v) is 6.68. The van der Waals surface area contributed by atoms with E-state index in [0.29, 0.717) is 17.5 Å². The Morgan fingerprint density at radius 2 is 0.889 bits per heavy atom. The van der Waals surface area contributed by atoms with Crippen molar-refractivity contribution in [3.8, 4) is 34.2 Å². The summed E-state index contributed by atoms with van der Waals surface area (Å²) in [6.07, 6.45) is 0. The number of benzene rings is 6. The molecule has 0 saturated carbocycles. The van der Waals surface area contributed by atoms with E-state index in [1.165, 1.54) is 26.9 Å². The fourth-order valence-electron chi connectivity index (χ4n) is 4.91. The maximum absolute atomic E-state index is 4.97. The second kappa shape index (κ2) is 8.40. The van der Waals surface area contributed by atoms with E-state index in [4.69, 9.17) is 15.0 Å². The van der Waals surface area contributed by atoms with E-state index in [2.05, 4.69) is 66.7 Å². The summed E-state index contributed by atoms with van der Waals surface area (Å²) >= 11 is 0. The number of aromatic nitrogens is 3. The van der Waals surface area contributed by atoms with Gasteiger partial charge in [-0.25, -0.2) is 15.0 Å². The van der Waals surface area contributed by atoms with Crippen LogP contribution in [0, 0.1) is 0 Å². The molecule has 7 aromatic rings. The van der Waals surface area contributed by atoms with Crippen LogP contribution in [0.2, 0.25) is 0 Å². The monoisotopic (exact) mass is 459 g/mol. The van der Waals surface area contributed by atoms with Gasteiger partial charge in [-0.1, -0.05) is 115 Å². The van der Waals surface area contributed by atoms with E-state index in [9.17, 15) is 0 Å². The first-order valence-electron chi connectivity index (χ1n) is 12.0. The molecule has 0 fully saturated rings. The first-order valence-corrected chi connectivity index (χ1v) is 12.0. The van der Waals surface area contributed by atoms with E-state index in [1.54, 1.807) is 0 Å². The average Bonchev–Trinajstić information content (AvgIpc) is 2.96. The lowest BCUT2D eigenvalue weighted by Crippen LogP contribution is -2.00. The molecule has 0 aliphatic carbocycles. The van der Waals surface area contributed by atoms with Crippen molar-refractivity contribution in [1.29, 1.82) is 0 Å². The fourth-order valence-corrected chi connectivity index (χ4v) is 4.91. The summed E-state index contributed by atoms with van der Waals surface area (Å²) in [6, 6.07) is 44.0. The van der Waals surface area contributed by atoms with Gasteiger partial charge in [0.15, 0.2) is 17.5 Å². The second-order valence-corrected chi connectivity index (χ2v) is 8.93. The Kier molecular flexibility index (Phi) is 4.78. The van der Waals surface area contributed by atoms with Gasteiger partial charge < -0.3 is 0 Å². The lowest BCUT2D eigenvalue weighted by atomic mass is 9.96. The predicted octanol–water partition coefficient (Wildman–Crippen LogP) is 8.33. The van der Waals surface area contributed by atoms with Crippen molar-refractivity contribution in [1.82, 2.24) is 15.0 Å². The van der Waals surface area contributed by atoms with Gasteiger partial charge in [0.25, 0.3) is 0 Å². The summed E-state index contributed by atoms with van der Waals surface area (Å²) in [7, 11) is 0. The first-order chi connectivity index (χ1) is 17.8. The lowest BCUT2D eigenvalue weighted by molar-refractivity contribution is 1.08. The van der Waals surface area contributed by atoms with Crippen molar-refractivity contribution < 1.29 is 0 Å². The number of hydrogen-bond acceptors (Lipinski definition) is 3. The molecule has 3 heteroatoms. The van der Waals surface area contributed by atoms with E-state index in [1.807, 2.05) is 60.7 Å². The van der Waals surface area contributed by atoms with Gasteiger partial charge in [0.2, 0.25) is 0 Å². The largest absolute Gasteiger partial charge is 0.208 e. The Balaban J connectivity index is 1.52. The quantitative estimate of drug-likeness (QED) is 0.197. The summed E-state index contributed by atoms with van der Waals surface area (Å²) in [5.74, 6) is 2.01. The molecule has 0 bridgehead atoms. The SMILES string of the molecule is c1ccc(-c2nc(-c3ccccc3)nc(-c3cccc4cc5ccc6ccccc6c5cc34)n2)cc1. The second-order valence-electron chi connectivity index (χ2n) is 8.93. The third kappa shape index (κ3) is 3.50. The molecule has 0 spiro atoms. The van der Waals surface area contributed by atoms with Crippen molar-refractivity contribution in [2.75, 3.05) is 0 Å². The molecule has 6 aromatic carbocycles. The number of fused-ring (bicyclic) bond motifs is 4. The molecule has 0 unspecified atom stereocenters. The maximum atomic E-state index is 4.97. The molecule has 0 radical (unpaired) electrons. The van der Waals surface area contributed by atoms with Crippen LogP contribution in [-0.4, -0.2) is 15.0 Å². The van der Waals surface area contributed by atoms with Gasteiger partial charge in [0.05, 0.1) is 0 Å². The minimum Gasteiger partial charge on any atom is -0.208 e. The summed E-state index contributed by atoms with van der Waals surface area (Å²) in [5.41, 5.74) is 2.93. The number of nitrogens with zero attached hydrogens (tertiary/aromatic N) is 3. The van der Waals surface area contributed by atoms with Gasteiger partial charge in [0, 0.05) is 16.7 Å². The van der Waals surface area contributed by atoms with Gasteiger partial charge in [-0.3, -0.25) is 0 Å². The molecule has 1 heterocycles. The summed E-state index contributed by atoms with van der Waals surface area (Å²) in [6.45, 7) is 0. The van der Waals surface area contributed by atoms with Crippen LogP contribution < -0.4 is 0 Å². The van der Waals surface area contributed by atoms with E-state index >= 15 is 0 Å². The highest BCUT2D eigenvalue weighted by Crippen LogP contribution is 2.34. The van der Waals surface area contributed by atoms with Crippen molar-refractivity contribution >= 4 is 32.3 Å². The van der Waals surface area contributed by atoms with Crippen LogP contribution in [0.25, 0.3) is 66.5 Å². The van der Waals surface area contributed by atoms with E-state index in [-0.39, 0.29) is 0 Å². The normalized spacial score (nSPS) is 11.3. The van der Waals surface area contributed by atoms with Crippen molar-refractivity contribution in [2.24, 2.45) is 0 Å². The van der Waals surface area contributed by atoms with Crippen LogP contribution in [0.4, 0.5) is 0 Å². The molecule has 0 atom stereocenters. The molecule has 36 heavy (non-hydrogen) atoms. The predicted molar refractivity (Wildman–Crippen MR) is 149 cm³/mol. The van der Waals surface area contributed by atoms with E-state index < -0.39 is 0 Å².